The maximum absolute atomic E-state index is 11.1. The quantitative estimate of drug-likeness (QED) is 0.232. The second-order valence-electron chi connectivity index (χ2n) is 5.76. The van der Waals surface area contributed by atoms with Gasteiger partial charge in [0.05, 0.1) is 6.61 Å². The van der Waals surface area contributed by atoms with E-state index in [9.17, 15) is 4.79 Å². The third kappa shape index (κ3) is 20.0. The lowest BCUT2D eigenvalue weighted by atomic mass is 10.2. The predicted octanol–water partition coefficient (Wildman–Crippen LogP) is 7.03. The van der Waals surface area contributed by atoms with Crippen molar-refractivity contribution in [3.63, 3.8) is 0 Å². The Labute approximate surface area is 160 Å². The van der Waals surface area contributed by atoms with Crippen molar-refractivity contribution in [3.05, 3.63) is 72.9 Å². The van der Waals surface area contributed by atoms with Gasteiger partial charge in [-0.2, -0.15) is 0 Å². The van der Waals surface area contributed by atoms with E-state index in [2.05, 4.69) is 73.8 Å². The average Bonchev–Trinajstić information content (AvgIpc) is 2.64. The summed E-state index contributed by atoms with van der Waals surface area (Å²) in [4.78, 5) is 11.1. The standard InChI is InChI=1S/C24H36O2/c1-3-5-6-7-8-9-10-11-12-13-14-15-16-17-18-19-20-21-22-23-24(25)26-4-2/h5-6,8-9,11-12,14-15,17-18,20-21H,3-4,7,10,13,16,19,22-23H2,1-2H3/b6-5?,9-8?,12-11?,15-14?,18-17?,21-20-. The van der Waals surface area contributed by atoms with Gasteiger partial charge in [-0.15, -0.1) is 0 Å². The minimum atomic E-state index is -0.118. The summed E-state index contributed by atoms with van der Waals surface area (Å²) < 4.78 is 4.87. The van der Waals surface area contributed by atoms with Crippen molar-refractivity contribution in [1.29, 1.82) is 0 Å². The van der Waals surface area contributed by atoms with Crippen LogP contribution in [-0.2, 0) is 9.53 Å². The second-order valence-corrected chi connectivity index (χ2v) is 5.76. The van der Waals surface area contributed by atoms with Crippen molar-refractivity contribution < 1.29 is 9.53 Å². The molecule has 0 saturated carbocycles. The van der Waals surface area contributed by atoms with Crippen LogP contribution in [0.15, 0.2) is 72.9 Å². The van der Waals surface area contributed by atoms with Crippen LogP contribution in [0.4, 0.5) is 0 Å². The highest BCUT2D eigenvalue weighted by Gasteiger charge is 1.97. The lowest BCUT2D eigenvalue weighted by Gasteiger charge is -1.97. The van der Waals surface area contributed by atoms with Crippen molar-refractivity contribution in [1.82, 2.24) is 0 Å². The monoisotopic (exact) mass is 356 g/mol. The first-order chi connectivity index (χ1) is 12.8. The molecule has 26 heavy (non-hydrogen) atoms. The smallest absolute Gasteiger partial charge is 0.306 e. The summed E-state index contributed by atoms with van der Waals surface area (Å²) in [6, 6.07) is 0. The van der Waals surface area contributed by atoms with Gasteiger partial charge in [-0.05, 0) is 51.9 Å². The molecule has 0 saturated heterocycles. The number of hydrogen-bond acceptors (Lipinski definition) is 2. The highest BCUT2D eigenvalue weighted by molar-refractivity contribution is 5.69. The molecule has 144 valence electrons. The molecule has 0 N–H and O–H groups in total. The number of allylic oxidation sites excluding steroid dienone is 12. The van der Waals surface area contributed by atoms with Crippen LogP contribution >= 0.6 is 0 Å². The molecular weight excluding hydrogens is 320 g/mol. The van der Waals surface area contributed by atoms with E-state index in [-0.39, 0.29) is 5.97 Å². The maximum Gasteiger partial charge on any atom is 0.306 e. The van der Waals surface area contributed by atoms with E-state index in [1.165, 1.54) is 0 Å². The molecule has 0 aliphatic heterocycles. The van der Waals surface area contributed by atoms with Gasteiger partial charge in [0.1, 0.15) is 0 Å². The fraction of sp³-hybridized carbons (Fsp3) is 0.458. The van der Waals surface area contributed by atoms with Gasteiger partial charge in [-0.25, -0.2) is 0 Å². The molecule has 0 fully saturated rings. The molecule has 0 aliphatic rings. The topological polar surface area (TPSA) is 26.3 Å². The van der Waals surface area contributed by atoms with Crippen LogP contribution in [0.2, 0.25) is 0 Å². The third-order valence-electron chi connectivity index (χ3n) is 3.42. The molecule has 0 bridgehead atoms. The second kappa shape index (κ2) is 21.0. The van der Waals surface area contributed by atoms with Gasteiger partial charge >= 0.3 is 5.97 Å². The van der Waals surface area contributed by atoms with Crippen molar-refractivity contribution in [3.8, 4) is 0 Å². The van der Waals surface area contributed by atoms with Crippen molar-refractivity contribution in [2.45, 2.75) is 65.2 Å². The van der Waals surface area contributed by atoms with Gasteiger partial charge in [0.25, 0.3) is 0 Å². The summed E-state index contributed by atoms with van der Waals surface area (Å²) in [5.74, 6) is -0.118. The Kier molecular flexibility index (Phi) is 19.3. The normalized spacial score (nSPS) is 12.8. The van der Waals surface area contributed by atoms with Crippen LogP contribution in [0.5, 0.6) is 0 Å². The zero-order valence-corrected chi connectivity index (χ0v) is 16.6. The Morgan fingerprint density at radius 3 is 1.38 bits per heavy atom. The Morgan fingerprint density at radius 2 is 1.00 bits per heavy atom. The van der Waals surface area contributed by atoms with E-state index in [1.807, 2.05) is 13.0 Å². The van der Waals surface area contributed by atoms with Crippen LogP contribution in [0.3, 0.4) is 0 Å². The van der Waals surface area contributed by atoms with Gasteiger partial charge in [0.15, 0.2) is 0 Å². The largest absolute Gasteiger partial charge is 0.466 e. The van der Waals surface area contributed by atoms with E-state index in [0.717, 1.165) is 44.9 Å². The number of ether oxygens (including phenoxy) is 1. The predicted molar refractivity (Wildman–Crippen MR) is 114 cm³/mol. The van der Waals surface area contributed by atoms with Gasteiger partial charge in [0, 0.05) is 6.42 Å². The summed E-state index contributed by atoms with van der Waals surface area (Å²) in [5, 5.41) is 0. The van der Waals surface area contributed by atoms with E-state index < -0.39 is 0 Å². The number of hydrogen-bond donors (Lipinski definition) is 0. The van der Waals surface area contributed by atoms with Crippen LogP contribution in [0.1, 0.15) is 65.2 Å². The zero-order valence-electron chi connectivity index (χ0n) is 16.6. The Balaban J connectivity index is 3.54. The van der Waals surface area contributed by atoms with Crippen molar-refractivity contribution >= 4 is 5.97 Å². The Morgan fingerprint density at radius 1 is 0.615 bits per heavy atom. The van der Waals surface area contributed by atoms with E-state index in [4.69, 9.17) is 4.74 Å². The molecule has 0 aromatic heterocycles. The highest BCUT2D eigenvalue weighted by atomic mass is 16.5. The lowest BCUT2D eigenvalue weighted by molar-refractivity contribution is -0.142. The first-order valence-electron chi connectivity index (χ1n) is 9.86. The SMILES string of the molecule is CCC=CCC=CCC=CCC=CCC=CC/C=C\CCC(=O)OCC. The number of esters is 1. The summed E-state index contributed by atoms with van der Waals surface area (Å²) in [6.07, 6.45) is 33.3. The van der Waals surface area contributed by atoms with Crippen LogP contribution in [0, 0.1) is 0 Å². The fourth-order valence-electron chi connectivity index (χ4n) is 2.07. The molecule has 0 aromatic carbocycles. The molecule has 0 unspecified atom stereocenters. The fourth-order valence-corrected chi connectivity index (χ4v) is 2.07. The van der Waals surface area contributed by atoms with Crippen LogP contribution < -0.4 is 0 Å². The zero-order chi connectivity index (χ0) is 19.1. The minimum absolute atomic E-state index is 0.118. The average molecular weight is 357 g/mol. The van der Waals surface area contributed by atoms with E-state index in [1.54, 1.807) is 0 Å². The molecule has 0 aliphatic carbocycles. The molecule has 0 amide bonds. The highest BCUT2D eigenvalue weighted by Crippen LogP contribution is 1.98. The van der Waals surface area contributed by atoms with E-state index in [0.29, 0.717) is 13.0 Å². The number of carbonyl (C=O) groups excluding carboxylic acids is 1. The van der Waals surface area contributed by atoms with Crippen LogP contribution in [-0.4, -0.2) is 12.6 Å². The van der Waals surface area contributed by atoms with Gasteiger partial charge in [0.2, 0.25) is 0 Å². The maximum atomic E-state index is 11.1. The molecule has 0 radical (unpaired) electrons. The summed E-state index contributed by atoms with van der Waals surface area (Å²) in [6.45, 7) is 4.44. The number of carbonyl (C=O) groups is 1. The van der Waals surface area contributed by atoms with Crippen LogP contribution in [0.25, 0.3) is 0 Å². The molecule has 0 rings (SSSR count). The van der Waals surface area contributed by atoms with Gasteiger partial charge in [-0.1, -0.05) is 79.8 Å². The third-order valence-corrected chi connectivity index (χ3v) is 3.42. The molecule has 0 spiro atoms. The minimum Gasteiger partial charge on any atom is -0.466 e. The lowest BCUT2D eigenvalue weighted by Crippen LogP contribution is -2.02. The summed E-state index contributed by atoms with van der Waals surface area (Å²) >= 11 is 0. The Hall–Kier alpha value is -2.09. The van der Waals surface area contributed by atoms with Gasteiger partial charge in [-0.3, -0.25) is 4.79 Å². The molecular formula is C24H36O2. The molecule has 0 atom stereocenters. The Bertz CT molecular complexity index is 490. The van der Waals surface area contributed by atoms with Crippen molar-refractivity contribution in [2.24, 2.45) is 0 Å². The molecule has 0 heterocycles. The molecule has 2 nitrogen and oxygen atoms in total. The number of rotatable bonds is 15. The van der Waals surface area contributed by atoms with Crippen molar-refractivity contribution in [2.75, 3.05) is 6.61 Å². The van der Waals surface area contributed by atoms with E-state index >= 15 is 0 Å². The van der Waals surface area contributed by atoms with Gasteiger partial charge < -0.3 is 4.74 Å². The molecule has 2 heteroatoms. The molecule has 0 aromatic rings. The first-order valence-corrected chi connectivity index (χ1v) is 9.86. The first kappa shape index (κ1) is 23.9. The summed E-state index contributed by atoms with van der Waals surface area (Å²) in [7, 11) is 0. The summed E-state index contributed by atoms with van der Waals surface area (Å²) in [5.41, 5.74) is 0.